The van der Waals surface area contributed by atoms with Crippen molar-refractivity contribution in [1.82, 2.24) is 0 Å². The molecule has 0 fully saturated rings. The highest BCUT2D eigenvalue weighted by Crippen LogP contribution is 2.44. The number of fused-ring (bicyclic) bond motifs is 7. The predicted molar refractivity (Wildman–Crippen MR) is 225 cm³/mol. The summed E-state index contributed by atoms with van der Waals surface area (Å²) in [6.45, 7) is 0. The zero-order valence-corrected chi connectivity index (χ0v) is 28.4. The maximum absolute atomic E-state index is 9.71. The summed E-state index contributed by atoms with van der Waals surface area (Å²) in [5.41, 5.74) is 7.08. The fourth-order valence-electron chi connectivity index (χ4n) is 8.04. The second-order valence-electron chi connectivity index (χ2n) is 13.5. The SMILES string of the molecule is [2H]c1c(-c2c3ccccc3c(-c3ccccc3)c3ccccc23)c([2H])c2c([2H])c([2H])c(-c3ccc4oc5ccc(-c6cccc7ccccc67)cc5c4c3)c([2H])c2c1[2H]. The van der Waals surface area contributed by atoms with Crippen LogP contribution in [0.2, 0.25) is 0 Å². The van der Waals surface area contributed by atoms with Crippen molar-refractivity contribution in [2.24, 2.45) is 0 Å². The molecule has 1 heteroatoms. The molecule has 0 aliphatic heterocycles. The summed E-state index contributed by atoms with van der Waals surface area (Å²) >= 11 is 0. The molecule has 0 saturated heterocycles. The van der Waals surface area contributed by atoms with E-state index in [2.05, 4.69) is 54.6 Å². The number of hydrogen-bond acceptors (Lipinski definition) is 1. The van der Waals surface area contributed by atoms with E-state index in [0.29, 0.717) is 22.3 Å². The van der Waals surface area contributed by atoms with E-state index in [4.69, 9.17) is 4.42 Å². The topological polar surface area (TPSA) is 13.1 Å². The van der Waals surface area contributed by atoms with Crippen LogP contribution in [0.5, 0.6) is 0 Å². The third-order valence-electron chi connectivity index (χ3n) is 10.5. The quantitative estimate of drug-likeness (QED) is 0.169. The highest BCUT2D eigenvalue weighted by molar-refractivity contribution is 6.21. The molecule has 10 aromatic carbocycles. The lowest BCUT2D eigenvalue weighted by atomic mass is 9.85. The van der Waals surface area contributed by atoms with Crippen LogP contribution in [0.3, 0.4) is 0 Å². The van der Waals surface area contributed by atoms with Gasteiger partial charge in [0, 0.05) is 10.8 Å². The molecule has 11 aromatic rings. The van der Waals surface area contributed by atoms with Crippen molar-refractivity contribution < 1.29 is 12.6 Å². The van der Waals surface area contributed by atoms with Crippen molar-refractivity contribution in [3.8, 4) is 44.5 Å². The summed E-state index contributed by atoms with van der Waals surface area (Å²) < 4.78 is 63.3. The molecule has 1 heterocycles. The highest BCUT2D eigenvalue weighted by atomic mass is 16.3. The Balaban J connectivity index is 1.13. The molecular formula is C52H32O. The van der Waals surface area contributed by atoms with E-state index in [-0.39, 0.29) is 58.2 Å². The molecule has 0 unspecified atom stereocenters. The van der Waals surface area contributed by atoms with Crippen LogP contribution in [-0.2, 0) is 0 Å². The smallest absolute Gasteiger partial charge is 0.135 e. The number of hydrogen-bond donors (Lipinski definition) is 0. The second kappa shape index (κ2) is 11.8. The van der Waals surface area contributed by atoms with Crippen molar-refractivity contribution in [2.45, 2.75) is 0 Å². The molecule has 0 saturated carbocycles. The van der Waals surface area contributed by atoms with Crippen LogP contribution >= 0.6 is 0 Å². The molecule has 0 radical (unpaired) electrons. The largest absolute Gasteiger partial charge is 0.456 e. The second-order valence-corrected chi connectivity index (χ2v) is 13.5. The zero-order valence-electron chi connectivity index (χ0n) is 34.4. The van der Waals surface area contributed by atoms with Gasteiger partial charge in [0.1, 0.15) is 11.2 Å². The van der Waals surface area contributed by atoms with Crippen molar-refractivity contribution in [3.05, 3.63) is 194 Å². The van der Waals surface area contributed by atoms with E-state index in [9.17, 15) is 8.22 Å². The van der Waals surface area contributed by atoms with Crippen molar-refractivity contribution in [1.29, 1.82) is 0 Å². The Bertz CT molecular complexity index is 3510. The lowest BCUT2D eigenvalue weighted by molar-refractivity contribution is 0.669. The third kappa shape index (κ3) is 4.79. The lowest BCUT2D eigenvalue weighted by Gasteiger charge is -2.18. The van der Waals surface area contributed by atoms with Gasteiger partial charge in [0.2, 0.25) is 0 Å². The van der Waals surface area contributed by atoms with Crippen molar-refractivity contribution in [3.63, 3.8) is 0 Å². The van der Waals surface area contributed by atoms with Crippen LogP contribution < -0.4 is 0 Å². The summed E-state index contributed by atoms with van der Waals surface area (Å²) in [7, 11) is 0. The molecular weight excluding hydrogens is 641 g/mol. The van der Waals surface area contributed by atoms with Gasteiger partial charge in [-0.3, -0.25) is 0 Å². The van der Waals surface area contributed by atoms with E-state index in [1.54, 1.807) is 6.07 Å². The highest BCUT2D eigenvalue weighted by Gasteiger charge is 2.17. The van der Waals surface area contributed by atoms with E-state index >= 15 is 0 Å². The molecule has 0 aliphatic rings. The van der Waals surface area contributed by atoms with Gasteiger partial charge in [0.05, 0.1) is 8.22 Å². The first-order chi connectivity index (χ1) is 28.8. The fraction of sp³-hybridized carbons (Fsp3) is 0. The summed E-state index contributed by atoms with van der Waals surface area (Å²) in [5.74, 6) is 0. The third-order valence-corrected chi connectivity index (χ3v) is 10.5. The molecule has 0 bridgehead atoms. The average molecular weight is 679 g/mol. The Morgan fingerprint density at radius 3 is 1.51 bits per heavy atom. The number of rotatable bonds is 4. The Morgan fingerprint density at radius 1 is 0.321 bits per heavy atom. The van der Waals surface area contributed by atoms with Crippen LogP contribution in [0.15, 0.2) is 198 Å². The first-order valence-corrected chi connectivity index (χ1v) is 17.8. The normalized spacial score (nSPS) is 13.4. The average Bonchev–Trinajstić information content (AvgIpc) is 3.64. The van der Waals surface area contributed by atoms with Crippen LogP contribution in [-0.4, -0.2) is 0 Å². The Kier molecular flexibility index (Phi) is 5.40. The Morgan fingerprint density at radius 2 is 0.830 bits per heavy atom. The Hall–Kier alpha value is -6.96. The van der Waals surface area contributed by atoms with E-state index in [1.165, 1.54) is 0 Å². The minimum Gasteiger partial charge on any atom is -0.456 e. The fourth-order valence-corrected chi connectivity index (χ4v) is 8.04. The first-order valence-electron chi connectivity index (χ1n) is 20.8. The van der Waals surface area contributed by atoms with Crippen molar-refractivity contribution >= 4 is 65.0 Å². The van der Waals surface area contributed by atoms with Gasteiger partial charge in [-0.1, -0.05) is 158 Å². The van der Waals surface area contributed by atoms with Gasteiger partial charge in [0.25, 0.3) is 0 Å². The molecule has 1 aromatic heterocycles. The number of furan rings is 1. The minimum absolute atomic E-state index is 0.0182. The molecule has 246 valence electrons. The van der Waals surface area contributed by atoms with Crippen LogP contribution in [0.25, 0.3) is 110 Å². The summed E-state index contributed by atoms with van der Waals surface area (Å²) in [6.07, 6.45) is 0. The monoisotopic (exact) mass is 678 g/mol. The van der Waals surface area contributed by atoms with Gasteiger partial charge >= 0.3 is 0 Å². The van der Waals surface area contributed by atoms with Crippen molar-refractivity contribution in [2.75, 3.05) is 0 Å². The molecule has 0 amide bonds. The zero-order chi connectivity index (χ0) is 40.1. The molecule has 0 aliphatic carbocycles. The van der Waals surface area contributed by atoms with Gasteiger partial charge in [0.15, 0.2) is 0 Å². The Labute approximate surface area is 315 Å². The van der Waals surface area contributed by atoms with E-state index in [0.717, 1.165) is 65.3 Å². The molecule has 0 N–H and O–H groups in total. The summed E-state index contributed by atoms with van der Waals surface area (Å²) in [4.78, 5) is 0. The molecule has 0 atom stereocenters. The van der Waals surface area contributed by atoms with Crippen LogP contribution in [0.1, 0.15) is 8.22 Å². The number of benzene rings is 10. The van der Waals surface area contributed by atoms with Crippen LogP contribution in [0, 0.1) is 0 Å². The summed E-state index contributed by atoms with van der Waals surface area (Å²) in [6, 6.07) is 50.9. The lowest BCUT2D eigenvalue weighted by Crippen LogP contribution is -1.90. The maximum atomic E-state index is 9.71. The van der Waals surface area contributed by atoms with E-state index in [1.807, 2.05) is 97.1 Å². The van der Waals surface area contributed by atoms with Gasteiger partial charge < -0.3 is 4.42 Å². The standard InChI is InChI=1S/C52H32O/c1-2-12-34(13-3-1)51-43-16-6-8-18-45(43)52(46-19-9-7-17-44(46)51)40-24-23-35-29-36(21-22-37(35)30-40)38-25-27-49-47(31-38)48-32-39(26-28-50(48)53-49)42-20-10-14-33-11-4-5-15-41(33)42/h1-32H/i21D,22D,23D,24D,29D,30D. The molecule has 11 rings (SSSR count). The van der Waals surface area contributed by atoms with E-state index < -0.39 is 0 Å². The van der Waals surface area contributed by atoms with Gasteiger partial charge in [-0.05, 0) is 124 Å². The summed E-state index contributed by atoms with van der Waals surface area (Å²) in [5, 5.41) is 7.51. The van der Waals surface area contributed by atoms with Gasteiger partial charge in [-0.15, -0.1) is 0 Å². The molecule has 1 nitrogen and oxygen atoms in total. The minimum atomic E-state index is -0.254. The molecule has 53 heavy (non-hydrogen) atoms. The molecule has 0 spiro atoms. The predicted octanol–water partition coefficient (Wildman–Crippen LogP) is 14.9. The van der Waals surface area contributed by atoms with Crippen LogP contribution in [0.4, 0.5) is 0 Å². The maximum Gasteiger partial charge on any atom is 0.135 e. The first kappa shape index (κ1) is 24.3. The van der Waals surface area contributed by atoms with Gasteiger partial charge in [-0.2, -0.15) is 0 Å². The van der Waals surface area contributed by atoms with Gasteiger partial charge in [-0.25, -0.2) is 0 Å².